The van der Waals surface area contributed by atoms with Gasteiger partial charge in [0.2, 0.25) is 0 Å². The highest BCUT2D eigenvalue weighted by Gasteiger charge is 2.29. The average Bonchev–Trinajstić information content (AvgIpc) is 3.29. The molecule has 0 radical (unpaired) electrons. The lowest BCUT2D eigenvalue weighted by Crippen LogP contribution is -2.26. The molecule has 7 nitrogen and oxygen atoms in total. The van der Waals surface area contributed by atoms with E-state index in [2.05, 4.69) is 36.0 Å². The van der Waals surface area contributed by atoms with Crippen molar-refractivity contribution in [2.45, 2.75) is 45.3 Å². The van der Waals surface area contributed by atoms with E-state index in [0.29, 0.717) is 11.6 Å². The summed E-state index contributed by atoms with van der Waals surface area (Å²) < 4.78 is 7.34. The maximum absolute atomic E-state index is 6.35. The van der Waals surface area contributed by atoms with Crippen LogP contribution in [0.4, 0.5) is 5.82 Å². The first-order valence-electron chi connectivity index (χ1n) is 9.49. The second kappa shape index (κ2) is 7.29. The van der Waals surface area contributed by atoms with Gasteiger partial charge in [-0.3, -0.25) is 0 Å². The zero-order chi connectivity index (χ0) is 19.9. The Bertz CT molecular complexity index is 996. The minimum atomic E-state index is -0.192. The predicted molar refractivity (Wildman–Crippen MR) is 110 cm³/mol. The molecule has 0 N–H and O–H groups in total. The molecule has 1 unspecified atom stereocenters. The van der Waals surface area contributed by atoms with E-state index >= 15 is 0 Å². The van der Waals surface area contributed by atoms with Gasteiger partial charge in [0.1, 0.15) is 5.82 Å². The van der Waals surface area contributed by atoms with Crippen LogP contribution in [0.1, 0.15) is 38.6 Å². The smallest absolute Gasteiger partial charge is 0.184 e. The van der Waals surface area contributed by atoms with Crippen LogP contribution in [-0.4, -0.2) is 51.3 Å². The van der Waals surface area contributed by atoms with E-state index in [0.717, 1.165) is 47.9 Å². The number of anilines is 1. The number of rotatable bonds is 4. The van der Waals surface area contributed by atoms with Crippen LogP contribution in [0.3, 0.4) is 0 Å². The first kappa shape index (κ1) is 19.1. The summed E-state index contributed by atoms with van der Waals surface area (Å²) in [6.45, 7) is 8.53. The SMILES string of the molecule is COC1CCN(c2nc(C(C)(C)C)nc3c2nnn3Cc2ccccc2Cl)C1. The molecule has 1 saturated heterocycles. The first-order chi connectivity index (χ1) is 13.4. The van der Waals surface area contributed by atoms with E-state index in [-0.39, 0.29) is 11.5 Å². The topological polar surface area (TPSA) is 69.0 Å². The van der Waals surface area contributed by atoms with Gasteiger partial charge in [0.05, 0.1) is 12.6 Å². The molecule has 0 amide bonds. The van der Waals surface area contributed by atoms with Crippen molar-refractivity contribution in [3.8, 4) is 0 Å². The average molecular weight is 401 g/mol. The Hall–Kier alpha value is -2.25. The van der Waals surface area contributed by atoms with E-state index in [1.807, 2.05) is 24.3 Å². The zero-order valence-corrected chi connectivity index (χ0v) is 17.4. The molecule has 0 saturated carbocycles. The Morgan fingerprint density at radius 2 is 2.00 bits per heavy atom. The third kappa shape index (κ3) is 3.56. The Labute approximate surface area is 169 Å². The Morgan fingerprint density at radius 1 is 1.21 bits per heavy atom. The van der Waals surface area contributed by atoms with Gasteiger partial charge >= 0.3 is 0 Å². The normalized spacial score (nSPS) is 17.6. The van der Waals surface area contributed by atoms with Crippen LogP contribution in [0.25, 0.3) is 11.2 Å². The van der Waals surface area contributed by atoms with Gasteiger partial charge in [-0.05, 0) is 18.1 Å². The van der Waals surface area contributed by atoms with Crippen LogP contribution in [0.5, 0.6) is 0 Å². The van der Waals surface area contributed by atoms with Crippen LogP contribution >= 0.6 is 11.6 Å². The number of fused-ring (bicyclic) bond motifs is 1. The van der Waals surface area contributed by atoms with E-state index in [1.165, 1.54) is 0 Å². The number of methoxy groups -OCH3 is 1. The number of ether oxygens (including phenoxy) is 1. The molecule has 3 heterocycles. The molecule has 1 aromatic carbocycles. The Morgan fingerprint density at radius 3 is 2.68 bits per heavy atom. The zero-order valence-electron chi connectivity index (χ0n) is 16.7. The Balaban J connectivity index is 1.81. The van der Waals surface area contributed by atoms with Crippen LogP contribution in [0.15, 0.2) is 24.3 Å². The molecule has 1 fully saturated rings. The lowest BCUT2D eigenvalue weighted by atomic mass is 9.96. The standard InChI is InChI=1S/C20H25ClN6O/c1-20(2,3)19-22-17(26-10-9-14(12-26)28-4)16-18(23-19)27(25-24-16)11-13-7-5-6-8-15(13)21/h5-8,14H,9-12H2,1-4H3. The minimum absolute atomic E-state index is 0.192. The van der Waals surface area contributed by atoms with Gasteiger partial charge in [-0.2, -0.15) is 0 Å². The highest BCUT2D eigenvalue weighted by Crippen LogP contribution is 2.30. The fraction of sp³-hybridized carbons (Fsp3) is 0.500. The molecule has 1 aliphatic rings. The van der Waals surface area contributed by atoms with Crippen molar-refractivity contribution in [3.05, 3.63) is 40.7 Å². The molecular weight excluding hydrogens is 376 g/mol. The van der Waals surface area contributed by atoms with E-state index in [1.54, 1.807) is 11.8 Å². The lowest BCUT2D eigenvalue weighted by Gasteiger charge is -2.22. The summed E-state index contributed by atoms with van der Waals surface area (Å²) in [5, 5.41) is 9.51. The number of benzene rings is 1. The molecule has 2 aromatic heterocycles. The van der Waals surface area contributed by atoms with Gasteiger partial charge in [-0.25, -0.2) is 14.6 Å². The third-order valence-electron chi connectivity index (χ3n) is 5.07. The quantitative estimate of drug-likeness (QED) is 0.668. The molecule has 8 heteroatoms. The van der Waals surface area contributed by atoms with E-state index in [4.69, 9.17) is 26.3 Å². The number of hydrogen-bond donors (Lipinski definition) is 0. The van der Waals surface area contributed by atoms with Gasteiger partial charge in [0.25, 0.3) is 0 Å². The van der Waals surface area contributed by atoms with E-state index in [9.17, 15) is 0 Å². The molecular formula is C20H25ClN6O. The highest BCUT2D eigenvalue weighted by molar-refractivity contribution is 6.31. The highest BCUT2D eigenvalue weighted by atomic mass is 35.5. The second-order valence-electron chi connectivity index (χ2n) is 8.22. The molecule has 4 rings (SSSR count). The molecule has 0 aliphatic carbocycles. The fourth-order valence-corrected chi connectivity index (χ4v) is 3.60. The lowest BCUT2D eigenvalue weighted by molar-refractivity contribution is 0.121. The predicted octanol–water partition coefficient (Wildman–Crippen LogP) is 3.45. The molecule has 1 aliphatic heterocycles. The molecule has 0 spiro atoms. The minimum Gasteiger partial charge on any atom is -0.380 e. The molecule has 3 aromatic rings. The van der Waals surface area contributed by atoms with Crippen LogP contribution in [-0.2, 0) is 16.7 Å². The van der Waals surface area contributed by atoms with Gasteiger partial charge in [0.15, 0.2) is 17.0 Å². The van der Waals surface area contributed by atoms with Crippen LogP contribution in [0.2, 0.25) is 5.02 Å². The van der Waals surface area contributed by atoms with Crippen LogP contribution in [0, 0.1) is 0 Å². The number of nitrogens with zero attached hydrogens (tertiary/aromatic N) is 6. The van der Waals surface area contributed by atoms with Gasteiger partial charge in [-0.15, -0.1) is 5.10 Å². The van der Waals surface area contributed by atoms with Gasteiger partial charge in [0, 0.05) is 30.6 Å². The van der Waals surface area contributed by atoms with Crippen molar-refractivity contribution in [2.75, 3.05) is 25.1 Å². The number of hydrogen-bond acceptors (Lipinski definition) is 6. The molecule has 0 bridgehead atoms. The summed E-state index contributed by atoms with van der Waals surface area (Å²) in [6.07, 6.45) is 1.18. The summed E-state index contributed by atoms with van der Waals surface area (Å²) in [7, 11) is 1.75. The summed E-state index contributed by atoms with van der Waals surface area (Å²) in [6, 6.07) is 7.76. The second-order valence-corrected chi connectivity index (χ2v) is 8.63. The van der Waals surface area contributed by atoms with Gasteiger partial charge in [-0.1, -0.05) is 55.8 Å². The largest absolute Gasteiger partial charge is 0.380 e. The molecule has 148 valence electrons. The maximum atomic E-state index is 6.35. The van der Waals surface area contributed by atoms with Crippen molar-refractivity contribution in [1.29, 1.82) is 0 Å². The summed E-state index contributed by atoms with van der Waals surface area (Å²) in [4.78, 5) is 11.9. The van der Waals surface area contributed by atoms with Crippen molar-refractivity contribution < 1.29 is 4.74 Å². The first-order valence-corrected chi connectivity index (χ1v) is 9.87. The van der Waals surface area contributed by atoms with Crippen LogP contribution < -0.4 is 4.90 Å². The Kier molecular flexibility index (Phi) is 4.97. The summed E-state index contributed by atoms with van der Waals surface area (Å²) in [5.41, 5.74) is 2.24. The molecule has 1 atom stereocenters. The molecule has 28 heavy (non-hydrogen) atoms. The summed E-state index contributed by atoms with van der Waals surface area (Å²) >= 11 is 6.35. The third-order valence-corrected chi connectivity index (χ3v) is 5.44. The van der Waals surface area contributed by atoms with Crippen molar-refractivity contribution >= 4 is 28.6 Å². The van der Waals surface area contributed by atoms with Crippen molar-refractivity contribution in [3.63, 3.8) is 0 Å². The van der Waals surface area contributed by atoms with Crippen molar-refractivity contribution in [1.82, 2.24) is 25.0 Å². The monoisotopic (exact) mass is 400 g/mol. The van der Waals surface area contributed by atoms with Crippen molar-refractivity contribution in [2.24, 2.45) is 0 Å². The van der Waals surface area contributed by atoms with E-state index < -0.39 is 0 Å². The number of aromatic nitrogens is 5. The fourth-order valence-electron chi connectivity index (χ4n) is 3.41. The summed E-state index contributed by atoms with van der Waals surface area (Å²) in [5.74, 6) is 1.61. The number of halogens is 1. The maximum Gasteiger partial charge on any atom is 0.184 e. The van der Waals surface area contributed by atoms with Gasteiger partial charge < -0.3 is 9.64 Å².